The van der Waals surface area contributed by atoms with Gasteiger partial charge in [-0.3, -0.25) is 4.79 Å². The maximum atomic E-state index is 12.8. The lowest BCUT2D eigenvalue weighted by molar-refractivity contribution is -0.154. The third kappa shape index (κ3) is 6.92. The van der Waals surface area contributed by atoms with Gasteiger partial charge in [-0.25, -0.2) is 4.39 Å². The molecule has 0 spiro atoms. The zero-order chi connectivity index (χ0) is 16.6. The molecule has 0 bridgehead atoms. The second-order valence-electron chi connectivity index (χ2n) is 6.36. The number of alkyl halides is 1. The number of aryl methyl sites for hydroxylation is 1. The Balaban J connectivity index is 2.71. The molecule has 0 amide bonds. The molecular weight excluding hydrogens is 283 g/mol. The minimum absolute atomic E-state index is 0.252. The van der Waals surface area contributed by atoms with Crippen molar-refractivity contribution in [2.45, 2.75) is 65.7 Å². The number of hydrogen-bond donors (Lipinski definition) is 0. The van der Waals surface area contributed by atoms with Crippen LogP contribution in [-0.2, 0) is 22.6 Å². The average Bonchev–Trinajstić information content (AvgIpc) is 2.44. The molecule has 1 aromatic rings. The van der Waals surface area contributed by atoms with Crippen molar-refractivity contribution in [2.24, 2.45) is 0 Å². The fourth-order valence-electron chi connectivity index (χ4n) is 2.01. The first-order chi connectivity index (χ1) is 10.4. The van der Waals surface area contributed by atoms with Gasteiger partial charge in [-0.1, -0.05) is 19.4 Å². The molecule has 0 N–H and O–H groups in total. The van der Waals surface area contributed by atoms with E-state index in [1.54, 1.807) is 18.2 Å². The lowest BCUT2D eigenvalue weighted by Gasteiger charge is -2.19. The van der Waals surface area contributed by atoms with Crippen LogP contribution in [0.25, 0.3) is 0 Å². The van der Waals surface area contributed by atoms with Gasteiger partial charge in [0.05, 0.1) is 6.61 Å². The predicted octanol–water partition coefficient (Wildman–Crippen LogP) is 4.61. The van der Waals surface area contributed by atoms with Crippen molar-refractivity contribution in [1.82, 2.24) is 0 Å². The van der Waals surface area contributed by atoms with Gasteiger partial charge in [-0.2, -0.15) is 0 Å². The van der Waals surface area contributed by atoms with E-state index in [1.165, 1.54) is 0 Å². The highest BCUT2D eigenvalue weighted by molar-refractivity contribution is 5.70. The van der Waals surface area contributed by atoms with Crippen LogP contribution in [0.3, 0.4) is 0 Å². The second-order valence-corrected chi connectivity index (χ2v) is 6.36. The fraction of sp³-hybridized carbons (Fsp3) is 0.611. The molecule has 1 aromatic carbocycles. The number of hydrogen-bond acceptors (Lipinski definition) is 3. The highest BCUT2D eigenvalue weighted by Gasteiger charge is 2.17. The van der Waals surface area contributed by atoms with E-state index in [-0.39, 0.29) is 12.4 Å². The number of esters is 1. The standard InChI is InChI=1S/C18H27FO3/c1-5-6-11-21-16-9-7-14(13-19)12-15(16)8-10-17(20)22-18(2,3)4/h7,9,12H,5-6,8,10-11,13H2,1-4H3. The van der Waals surface area contributed by atoms with Crippen LogP contribution >= 0.6 is 0 Å². The summed E-state index contributed by atoms with van der Waals surface area (Å²) in [4.78, 5) is 11.8. The molecule has 1 rings (SSSR count). The molecule has 22 heavy (non-hydrogen) atoms. The number of carbonyl (C=O) groups is 1. The Morgan fingerprint density at radius 1 is 1.27 bits per heavy atom. The Morgan fingerprint density at radius 3 is 2.59 bits per heavy atom. The first-order valence-electron chi connectivity index (χ1n) is 7.88. The van der Waals surface area contributed by atoms with Crippen LogP contribution in [0.5, 0.6) is 5.75 Å². The molecule has 0 aromatic heterocycles. The van der Waals surface area contributed by atoms with Gasteiger partial charge in [0.15, 0.2) is 0 Å². The first-order valence-corrected chi connectivity index (χ1v) is 7.88. The molecule has 0 aliphatic rings. The van der Waals surface area contributed by atoms with Crippen LogP contribution in [0.1, 0.15) is 58.1 Å². The van der Waals surface area contributed by atoms with E-state index in [2.05, 4.69) is 6.92 Å². The number of ether oxygens (including phenoxy) is 2. The summed E-state index contributed by atoms with van der Waals surface area (Å²) in [6.45, 7) is 7.73. The topological polar surface area (TPSA) is 35.5 Å². The molecule has 0 fully saturated rings. The quantitative estimate of drug-likeness (QED) is 0.519. The number of rotatable bonds is 8. The van der Waals surface area contributed by atoms with Gasteiger partial charge >= 0.3 is 5.97 Å². The molecule has 124 valence electrons. The summed E-state index contributed by atoms with van der Waals surface area (Å²) < 4.78 is 23.9. The summed E-state index contributed by atoms with van der Waals surface area (Å²) in [6, 6.07) is 5.28. The zero-order valence-corrected chi connectivity index (χ0v) is 14.1. The fourth-order valence-corrected chi connectivity index (χ4v) is 2.01. The van der Waals surface area contributed by atoms with Crippen LogP contribution in [0, 0.1) is 0 Å². The van der Waals surface area contributed by atoms with Crippen LogP contribution in [0.2, 0.25) is 0 Å². The van der Waals surface area contributed by atoms with E-state index >= 15 is 0 Å². The van der Waals surface area contributed by atoms with Gasteiger partial charge in [-0.05, 0) is 56.9 Å². The summed E-state index contributed by atoms with van der Waals surface area (Å²) in [5, 5.41) is 0. The van der Waals surface area contributed by atoms with E-state index in [0.717, 1.165) is 24.2 Å². The average molecular weight is 310 g/mol. The molecule has 0 aliphatic carbocycles. The van der Waals surface area contributed by atoms with Crippen molar-refractivity contribution >= 4 is 5.97 Å². The molecular formula is C18H27FO3. The molecule has 0 aliphatic heterocycles. The molecule has 0 unspecified atom stereocenters. The van der Waals surface area contributed by atoms with Crippen LogP contribution < -0.4 is 4.74 Å². The van der Waals surface area contributed by atoms with E-state index in [9.17, 15) is 9.18 Å². The smallest absolute Gasteiger partial charge is 0.306 e. The predicted molar refractivity (Wildman–Crippen MR) is 85.8 cm³/mol. The molecule has 3 nitrogen and oxygen atoms in total. The third-order valence-corrected chi connectivity index (χ3v) is 3.05. The van der Waals surface area contributed by atoms with Gasteiger partial charge in [0.2, 0.25) is 0 Å². The number of carbonyl (C=O) groups excluding carboxylic acids is 1. The third-order valence-electron chi connectivity index (χ3n) is 3.05. The zero-order valence-electron chi connectivity index (χ0n) is 14.1. The van der Waals surface area contributed by atoms with Gasteiger partial charge in [0.25, 0.3) is 0 Å². The second kappa shape index (κ2) is 8.76. The van der Waals surface area contributed by atoms with Crippen LogP contribution in [0.4, 0.5) is 4.39 Å². The Morgan fingerprint density at radius 2 is 2.00 bits per heavy atom. The summed E-state index contributed by atoms with van der Waals surface area (Å²) in [5.41, 5.74) is 0.970. The Kier molecular flexibility index (Phi) is 7.36. The molecule has 0 heterocycles. The van der Waals surface area contributed by atoms with Gasteiger partial charge in [-0.15, -0.1) is 0 Å². The largest absolute Gasteiger partial charge is 0.493 e. The van der Waals surface area contributed by atoms with Crippen LogP contribution in [0.15, 0.2) is 18.2 Å². The van der Waals surface area contributed by atoms with Gasteiger partial charge in [0, 0.05) is 6.42 Å². The van der Waals surface area contributed by atoms with Crippen molar-refractivity contribution in [3.8, 4) is 5.75 Å². The molecule has 0 saturated carbocycles. The minimum atomic E-state index is -0.519. The normalized spacial score (nSPS) is 11.3. The summed E-state index contributed by atoms with van der Waals surface area (Å²) >= 11 is 0. The van der Waals surface area contributed by atoms with Crippen molar-refractivity contribution in [3.05, 3.63) is 29.3 Å². The van der Waals surface area contributed by atoms with E-state index < -0.39 is 12.3 Å². The number of unbranched alkanes of at least 4 members (excludes halogenated alkanes) is 1. The lowest BCUT2D eigenvalue weighted by atomic mass is 10.1. The van der Waals surface area contributed by atoms with Gasteiger partial charge < -0.3 is 9.47 Å². The highest BCUT2D eigenvalue weighted by Crippen LogP contribution is 2.23. The van der Waals surface area contributed by atoms with Crippen LogP contribution in [-0.4, -0.2) is 18.2 Å². The van der Waals surface area contributed by atoms with E-state index in [0.29, 0.717) is 18.6 Å². The van der Waals surface area contributed by atoms with Crippen molar-refractivity contribution in [2.75, 3.05) is 6.61 Å². The summed E-state index contributed by atoms with van der Waals surface area (Å²) in [7, 11) is 0. The number of benzene rings is 1. The minimum Gasteiger partial charge on any atom is -0.493 e. The molecule has 0 saturated heterocycles. The molecule has 0 radical (unpaired) electrons. The van der Waals surface area contributed by atoms with E-state index in [4.69, 9.17) is 9.47 Å². The Labute approximate surface area is 132 Å². The SMILES string of the molecule is CCCCOc1ccc(CF)cc1CCC(=O)OC(C)(C)C. The molecule has 4 heteroatoms. The van der Waals surface area contributed by atoms with Crippen molar-refractivity contribution in [3.63, 3.8) is 0 Å². The first kappa shape index (κ1) is 18.5. The highest BCUT2D eigenvalue weighted by atomic mass is 19.1. The monoisotopic (exact) mass is 310 g/mol. The molecule has 0 atom stereocenters. The van der Waals surface area contributed by atoms with Crippen molar-refractivity contribution in [1.29, 1.82) is 0 Å². The summed E-state index contributed by atoms with van der Waals surface area (Å²) in [6.07, 6.45) is 2.77. The lowest BCUT2D eigenvalue weighted by Crippen LogP contribution is -2.24. The maximum Gasteiger partial charge on any atom is 0.306 e. The van der Waals surface area contributed by atoms with E-state index in [1.807, 2.05) is 20.8 Å². The Bertz CT molecular complexity index is 478. The van der Waals surface area contributed by atoms with Crippen molar-refractivity contribution < 1.29 is 18.7 Å². The number of halogens is 1. The Hall–Kier alpha value is -1.58. The van der Waals surface area contributed by atoms with Gasteiger partial charge in [0.1, 0.15) is 18.0 Å². The maximum absolute atomic E-state index is 12.8. The summed E-state index contributed by atoms with van der Waals surface area (Å²) in [5.74, 6) is 0.479.